The summed E-state index contributed by atoms with van der Waals surface area (Å²) in [7, 11) is 1.70. The monoisotopic (exact) mass is 366 g/mol. The third kappa shape index (κ3) is 2.71. The van der Waals surface area contributed by atoms with E-state index in [0.29, 0.717) is 17.4 Å². The summed E-state index contributed by atoms with van der Waals surface area (Å²) in [4.78, 5) is 41.6. The zero-order chi connectivity index (χ0) is 19.3. The molecule has 5 rings (SSSR count). The summed E-state index contributed by atoms with van der Waals surface area (Å²) in [5, 5.41) is 0. The molecule has 1 heterocycles. The number of fused-ring (bicyclic) bond motifs is 2. The van der Waals surface area contributed by atoms with Gasteiger partial charge in [-0.3, -0.25) is 14.5 Å². The van der Waals surface area contributed by atoms with Crippen molar-refractivity contribution in [1.29, 1.82) is 0 Å². The molecule has 0 N–H and O–H groups in total. The minimum Gasteiger partial charge on any atom is -0.313 e. The Balaban J connectivity index is 1.59. The molecule has 5 nitrogen and oxygen atoms in total. The number of aryl methyl sites for hydroxylation is 1. The van der Waals surface area contributed by atoms with Crippen molar-refractivity contribution in [3.63, 3.8) is 0 Å². The van der Waals surface area contributed by atoms with E-state index in [0.717, 1.165) is 29.7 Å². The van der Waals surface area contributed by atoms with Crippen LogP contribution >= 0.6 is 0 Å². The SMILES string of the molecule is Cc1cccc(C(=O)CN2C(=O)N(C)C(C)(C3C[C@H]4C=C[C@@H]3CC4)C2=O)c1. The molecular formula is C22H26N2O3. The molecule has 5 heteroatoms. The minimum absolute atomic E-state index is 0.113. The Morgan fingerprint density at radius 2 is 2.00 bits per heavy atom. The number of Topliss-reactive ketones (excluding diaryl/α,β-unsaturated/α-hetero) is 1. The quantitative estimate of drug-likeness (QED) is 0.466. The molecule has 27 heavy (non-hydrogen) atoms. The first-order valence-corrected chi connectivity index (χ1v) is 9.70. The van der Waals surface area contributed by atoms with E-state index in [4.69, 9.17) is 0 Å². The third-order valence-electron chi connectivity index (χ3n) is 6.83. The number of carbonyl (C=O) groups excluding carboxylic acids is 3. The molecule has 4 atom stereocenters. The van der Waals surface area contributed by atoms with Crippen molar-refractivity contribution >= 4 is 17.7 Å². The van der Waals surface area contributed by atoms with Gasteiger partial charge in [0.05, 0.1) is 6.54 Å². The lowest BCUT2D eigenvalue weighted by Gasteiger charge is -2.47. The standard InChI is InChI=1S/C22H26N2O3/c1-14-5-4-6-17(11-14)19(25)13-24-20(26)22(2,23(3)21(24)27)18-12-15-7-9-16(18)10-8-15/h4-7,9,11,15-16,18H,8,10,12-13H2,1-3H3/t15-,16+,18?,22?/m0/s1. The lowest BCUT2D eigenvalue weighted by Crippen LogP contribution is -2.55. The van der Waals surface area contributed by atoms with Crippen molar-refractivity contribution in [3.05, 3.63) is 47.5 Å². The molecule has 2 fully saturated rings. The maximum Gasteiger partial charge on any atom is 0.327 e. The van der Waals surface area contributed by atoms with Gasteiger partial charge in [-0.05, 0) is 56.9 Å². The number of amides is 3. The summed E-state index contributed by atoms with van der Waals surface area (Å²) in [5.41, 5.74) is 0.635. The first kappa shape index (κ1) is 18.0. The molecule has 1 saturated heterocycles. The zero-order valence-corrected chi connectivity index (χ0v) is 16.1. The van der Waals surface area contributed by atoms with Gasteiger partial charge in [0.2, 0.25) is 0 Å². The smallest absolute Gasteiger partial charge is 0.313 e. The Hall–Kier alpha value is -2.43. The summed E-state index contributed by atoms with van der Waals surface area (Å²) in [6.45, 7) is 3.60. The van der Waals surface area contributed by atoms with E-state index in [1.54, 1.807) is 24.1 Å². The molecular weight excluding hydrogens is 340 g/mol. The summed E-state index contributed by atoms with van der Waals surface area (Å²) < 4.78 is 0. The van der Waals surface area contributed by atoms with Crippen LogP contribution in [-0.4, -0.2) is 46.7 Å². The minimum atomic E-state index is -0.877. The molecule has 4 aliphatic rings. The van der Waals surface area contributed by atoms with Crippen LogP contribution < -0.4 is 0 Å². The molecule has 2 unspecified atom stereocenters. The first-order chi connectivity index (χ1) is 12.8. The third-order valence-corrected chi connectivity index (χ3v) is 6.83. The van der Waals surface area contributed by atoms with Gasteiger partial charge in [-0.1, -0.05) is 35.9 Å². The molecule has 2 bridgehead atoms. The largest absolute Gasteiger partial charge is 0.327 e. The number of likely N-dealkylation sites (N-methyl/N-ethyl adjacent to an activating group) is 1. The molecule has 3 aliphatic carbocycles. The fourth-order valence-electron chi connectivity index (χ4n) is 5.06. The van der Waals surface area contributed by atoms with E-state index in [2.05, 4.69) is 12.2 Å². The molecule has 1 aromatic carbocycles. The van der Waals surface area contributed by atoms with Crippen molar-refractivity contribution in [1.82, 2.24) is 9.80 Å². The molecule has 1 saturated carbocycles. The lowest BCUT2D eigenvalue weighted by atomic mass is 9.62. The number of imide groups is 1. The highest BCUT2D eigenvalue weighted by molar-refractivity contribution is 6.11. The molecule has 3 amide bonds. The fraction of sp³-hybridized carbons (Fsp3) is 0.500. The number of urea groups is 1. The van der Waals surface area contributed by atoms with E-state index >= 15 is 0 Å². The van der Waals surface area contributed by atoms with Crippen molar-refractivity contribution in [2.45, 2.75) is 38.6 Å². The molecule has 142 valence electrons. The van der Waals surface area contributed by atoms with E-state index in [1.165, 1.54) is 0 Å². The van der Waals surface area contributed by atoms with Crippen LogP contribution in [0.2, 0.25) is 0 Å². The lowest BCUT2D eigenvalue weighted by molar-refractivity contribution is -0.136. The van der Waals surface area contributed by atoms with Crippen molar-refractivity contribution in [2.24, 2.45) is 17.8 Å². The summed E-state index contributed by atoms with van der Waals surface area (Å²) in [6.07, 6.45) is 7.64. The maximum atomic E-state index is 13.3. The average molecular weight is 366 g/mol. The highest BCUT2D eigenvalue weighted by Gasteiger charge is 2.59. The second-order valence-corrected chi connectivity index (χ2v) is 8.40. The Labute approximate surface area is 160 Å². The number of hydrogen-bond donors (Lipinski definition) is 0. The van der Waals surface area contributed by atoms with Gasteiger partial charge in [-0.15, -0.1) is 0 Å². The van der Waals surface area contributed by atoms with Gasteiger partial charge in [0.1, 0.15) is 5.54 Å². The normalized spacial score (nSPS) is 32.5. The number of carbonyl (C=O) groups is 3. The molecule has 0 spiro atoms. The predicted octanol–water partition coefficient (Wildman–Crippen LogP) is 3.43. The van der Waals surface area contributed by atoms with Crippen molar-refractivity contribution in [3.8, 4) is 0 Å². The van der Waals surface area contributed by atoms with E-state index < -0.39 is 5.54 Å². The number of hydrogen-bond acceptors (Lipinski definition) is 3. The van der Waals surface area contributed by atoms with Gasteiger partial charge in [0, 0.05) is 12.6 Å². The van der Waals surface area contributed by atoms with Crippen LogP contribution in [0.25, 0.3) is 0 Å². The number of nitrogens with zero attached hydrogens (tertiary/aromatic N) is 2. The summed E-state index contributed by atoms with van der Waals surface area (Å²) >= 11 is 0. The molecule has 0 radical (unpaired) electrons. The topological polar surface area (TPSA) is 57.7 Å². The van der Waals surface area contributed by atoms with Gasteiger partial charge < -0.3 is 4.90 Å². The Bertz CT molecular complexity index is 846. The molecule has 1 aromatic rings. The first-order valence-electron chi connectivity index (χ1n) is 9.70. The highest BCUT2D eigenvalue weighted by Crippen LogP contribution is 2.49. The molecule has 0 aromatic heterocycles. The van der Waals surface area contributed by atoms with Crippen molar-refractivity contribution < 1.29 is 14.4 Å². The van der Waals surface area contributed by atoms with Gasteiger partial charge in [-0.2, -0.15) is 0 Å². The second kappa shape index (κ2) is 6.32. The van der Waals surface area contributed by atoms with Crippen LogP contribution in [0.5, 0.6) is 0 Å². The summed E-state index contributed by atoms with van der Waals surface area (Å²) in [5.74, 6) is 0.495. The Kier molecular flexibility index (Phi) is 4.21. The van der Waals surface area contributed by atoms with Gasteiger partial charge in [-0.25, -0.2) is 4.79 Å². The van der Waals surface area contributed by atoms with E-state index in [1.807, 2.05) is 26.0 Å². The summed E-state index contributed by atoms with van der Waals surface area (Å²) in [6, 6.07) is 6.89. The maximum absolute atomic E-state index is 13.3. The van der Waals surface area contributed by atoms with Crippen LogP contribution in [0.15, 0.2) is 36.4 Å². The fourth-order valence-corrected chi connectivity index (χ4v) is 5.06. The van der Waals surface area contributed by atoms with Crippen LogP contribution in [-0.2, 0) is 4.79 Å². The Morgan fingerprint density at radius 1 is 1.22 bits per heavy atom. The Morgan fingerprint density at radius 3 is 2.59 bits per heavy atom. The van der Waals surface area contributed by atoms with Gasteiger partial charge >= 0.3 is 6.03 Å². The number of ketones is 1. The number of rotatable bonds is 4. The molecule has 1 aliphatic heterocycles. The van der Waals surface area contributed by atoms with Crippen LogP contribution in [0.3, 0.4) is 0 Å². The number of allylic oxidation sites excluding steroid dienone is 2. The van der Waals surface area contributed by atoms with E-state index in [-0.39, 0.29) is 30.2 Å². The second-order valence-electron chi connectivity index (χ2n) is 8.40. The number of benzene rings is 1. The predicted molar refractivity (Wildman–Crippen MR) is 102 cm³/mol. The van der Waals surface area contributed by atoms with Crippen LogP contribution in [0.1, 0.15) is 42.1 Å². The van der Waals surface area contributed by atoms with Crippen LogP contribution in [0.4, 0.5) is 4.79 Å². The average Bonchev–Trinajstić information content (AvgIpc) is 2.85. The van der Waals surface area contributed by atoms with Gasteiger partial charge in [0.25, 0.3) is 5.91 Å². The highest BCUT2D eigenvalue weighted by atomic mass is 16.2. The van der Waals surface area contributed by atoms with Crippen molar-refractivity contribution in [2.75, 3.05) is 13.6 Å². The van der Waals surface area contributed by atoms with Crippen LogP contribution in [0, 0.1) is 24.7 Å². The zero-order valence-electron chi connectivity index (χ0n) is 16.1. The van der Waals surface area contributed by atoms with E-state index in [9.17, 15) is 14.4 Å². The van der Waals surface area contributed by atoms with Gasteiger partial charge in [0.15, 0.2) is 5.78 Å².